The van der Waals surface area contributed by atoms with Gasteiger partial charge in [-0.15, -0.1) is 0 Å². The van der Waals surface area contributed by atoms with Gasteiger partial charge in [-0.2, -0.15) is 0 Å². The number of benzene rings is 1. The zero-order chi connectivity index (χ0) is 16.8. The lowest BCUT2D eigenvalue weighted by atomic mass is 9.93. The summed E-state index contributed by atoms with van der Waals surface area (Å²) < 4.78 is 10.9. The lowest BCUT2D eigenvalue weighted by molar-refractivity contribution is -0.164. The van der Waals surface area contributed by atoms with E-state index in [1.165, 1.54) is 6.92 Å². The minimum atomic E-state index is -1.70. The van der Waals surface area contributed by atoms with Crippen LogP contribution in [0.5, 0.6) is 5.75 Å². The monoisotopic (exact) mass is 323 g/mol. The first-order valence-corrected chi connectivity index (χ1v) is 10.2. The summed E-state index contributed by atoms with van der Waals surface area (Å²) in [6, 6.07) is 5.67. The summed E-state index contributed by atoms with van der Waals surface area (Å²) in [5.74, 6) is -0.0623. The summed E-state index contributed by atoms with van der Waals surface area (Å²) in [5.41, 5.74) is -0.0766. The van der Waals surface area contributed by atoms with E-state index in [4.69, 9.17) is 9.16 Å². The number of hydrogen-bond acceptors (Lipinski definition) is 4. The minimum absolute atomic E-state index is 0.232. The first-order chi connectivity index (χ1) is 10.3. The van der Waals surface area contributed by atoms with E-state index in [-0.39, 0.29) is 6.61 Å². The van der Waals surface area contributed by atoms with Crippen LogP contribution in [0.2, 0.25) is 13.1 Å². The van der Waals surface area contributed by atoms with Crippen molar-refractivity contribution in [1.82, 2.24) is 0 Å². The van der Waals surface area contributed by atoms with Crippen LogP contribution < -0.4 is 4.43 Å². The molecule has 1 aromatic carbocycles. The fourth-order valence-corrected chi connectivity index (χ4v) is 2.80. The maximum Gasteiger partial charge on any atom is 0.342 e. The number of carbonyl (C=O) groups excluding carboxylic acids is 1. The van der Waals surface area contributed by atoms with Gasteiger partial charge in [0.15, 0.2) is 5.60 Å². The smallest absolute Gasteiger partial charge is 0.342 e. The van der Waals surface area contributed by atoms with Crippen LogP contribution in [0.15, 0.2) is 18.2 Å². The lowest BCUT2D eigenvalue weighted by Crippen LogP contribution is -2.35. The molecule has 0 saturated carbocycles. The second-order valence-electron chi connectivity index (χ2n) is 5.74. The summed E-state index contributed by atoms with van der Waals surface area (Å²) in [5, 5.41) is 10.6. The molecule has 0 bridgehead atoms. The average Bonchev–Trinajstić information content (AvgIpc) is 2.44. The van der Waals surface area contributed by atoms with E-state index in [1.807, 2.05) is 25.2 Å². The first-order valence-electron chi connectivity index (χ1n) is 7.83. The van der Waals surface area contributed by atoms with Gasteiger partial charge in [0.1, 0.15) is 5.75 Å². The first kappa shape index (κ1) is 18.7. The predicted molar refractivity (Wildman–Crippen MR) is 89.4 cm³/mol. The molecular weight excluding hydrogens is 296 g/mol. The quantitative estimate of drug-likeness (QED) is 0.588. The topological polar surface area (TPSA) is 55.8 Å². The highest BCUT2D eigenvalue weighted by molar-refractivity contribution is 6.49. The zero-order valence-electron chi connectivity index (χ0n) is 14.2. The second-order valence-corrected chi connectivity index (χ2v) is 7.76. The Bertz CT molecular complexity index is 497. The van der Waals surface area contributed by atoms with Gasteiger partial charge in [-0.3, -0.25) is 0 Å². The van der Waals surface area contributed by atoms with Gasteiger partial charge in [0.2, 0.25) is 0 Å². The highest BCUT2D eigenvalue weighted by Gasteiger charge is 2.37. The molecule has 0 heterocycles. The molecule has 0 aliphatic rings. The maximum atomic E-state index is 12.0. The Morgan fingerprint density at radius 2 is 2.00 bits per heavy atom. The maximum absolute atomic E-state index is 12.0. The van der Waals surface area contributed by atoms with Crippen LogP contribution in [-0.4, -0.2) is 26.7 Å². The minimum Gasteiger partial charge on any atom is -0.542 e. The standard InChI is InChI=1S/C17H27O4Si/c1-6-8-9-13-10-11-14(15(12-13)21-22(4)5)17(3,19)16(18)20-7-2/h10-12,19H,6-9H2,1-5H3. The molecule has 1 rings (SSSR count). The molecular formula is C17H27O4Si. The van der Waals surface area contributed by atoms with E-state index in [0.29, 0.717) is 11.3 Å². The Kier molecular flexibility index (Phi) is 7.09. The van der Waals surface area contributed by atoms with Crippen molar-refractivity contribution in [3.05, 3.63) is 29.3 Å². The SMILES string of the molecule is CCCCc1ccc(C(C)(O)C(=O)OCC)c(O[Si](C)C)c1. The molecule has 0 aliphatic carbocycles. The molecule has 22 heavy (non-hydrogen) atoms. The van der Waals surface area contributed by atoms with Gasteiger partial charge < -0.3 is 14.3 Å². The molecule has 1 N–H and O–H groups in total. The van der Waals surface area contributed by atoms with E-state index < -0.39 is 20.6 Å². The van der Waals surface area contributed by atoms with Crippen molar-refractivity contribution in [1.29, 1.82) is 0 Å². The molecule has 123 valence electrons. The lowest BCUT2D eigenvalue weighted by Gasteiger charge is -2.25. The number of hydrogen-bond donors (Lipinski definition) is 1. The van der Waals surface area contributed by atoms with E-state index in [2.05, 4.69) is 6.92 Å². The summed E-state index contributed by atoms with van der Waals surface area (Å²) in [7, 11) is -1.01. The Morgan fingerprint density at radius 3 is 2.55 bits per heavy atom. The van der Waals surface area contributed by atoms with Gasteiger partial charge in [0, 0.05) is 5.56 Å². The summed E-state index contributed by atoms with van der Waals surface area (Å²) in [6.45, 7) is 9.60. The molecule has 0 fully saturated rings. The Balaban J connectivity index is 3.18. The van der Waals surface area contributed by atoms with Gasteiger partial charge in [0.05, 0.1) is 6.61 Å². The molecule has 1 radical (unpaired) electrons. The molecule has 0 spiro atoms. The molecule has 0 saturated heterocycles. The number of ether oxygens (including phenoxy) is 1. The second kappa shape index (κ2) is 8.34. The molecule has 1 atom stereocenters. The van der Waals surface area contributed by atoms with Crippen LogP contribution in [0.1, 0.15) is 44.7 Å². The van der Waals surface area contributed by atoms with E-state index in [0.717, 1.165) is 24.8 Å². The molecule has 0 aliphatic heterocycles. The van der Waals surface area contributed by atoms with E-state index in [1.54, 1.807) is 13.0 Å². The van der Waals surface area contributed by atoms with Gasteiger partial charge in [-0.1, -0.05) is 25.5 Å². The van der Waals surface area contributed by atoms with Crippen LogP contribution in [-0.2, 0) is 21.6 Å². The van der Waals surface area contributed by atoms with Crippen LogP contribution in [0.25, 0.3) is 0 Å². The zero-order valence-corrected chi connectivity index (χ0v) is 15.2. The molecule has 0 aromatic heterocycles. The van der Waals surface area contributed by atoms with Crippen molar-refractivity contribution in [2.24, 2.45) is 0 Å². The molecule has 1 aromatic rings. The highest BCUT2D eigenvalue weighted by atomic mass is 28.3. The van der Waals surface area contributed by atoms with Crippen LogP contribution >= 0.6 is 0 Å². The number of unbranched alkanes of at least 4 members (excludes halogenated alkanes) is 1. The predicted octanol–water partition coefficient (Wildman–Crippen LogP) is 3.43. The van der Waals surface area contributed by atoms with E-state index >= 15 is 0 Å². The number of aliphatic hydroxyl groups is 1. The summed E-state index contributed by atoms with van der Waals surface area (Å²) >= 11 is 0. The fraction of sp³-hybridized carbons (Fsp3) is 0.588. The van der Waals surface area contributed by atoms with Gasteiger partial charge in [-0.25, -0.2) is 4.79 Å². The van der Waals surface area contributed by atoms with Crippen molar-refractivity contribution in [3.8, 4) is 5.75 Å². The third kappa shape index (κ3) is 4.85. The molecule has 0 amide bonds. The summed E-state index contributed by atoms with van der Waals surface area (Å²) in [4.78, 5) is 12.0. The molecule has 4 nitrogen and oxygen atoms in total. The van der Waals surface area contributed by atoms with Crippen molar-refractivity contribution in [2.45, 2.75) is 58.7 Å². The third-order valence-corrected chi connectivity index (χ3v) is 4.00. The van der Waals surface area contributed by atoms with Crippen LogP contribution in [0, 0.1) is 0 Å². The number of aryl methyl sites for hydroxylation is 1. The van der Waals surface area contributed by atoms with Gasteiger partial charge in [-0.05, 0) is 51.4 Å². The van der Waals surface area contributed by atoms with E-state index in [9.17, 15) is 9.90 Å². The van der Waals surface area contributed by atoms with Crippen LogP contribution in [0.3, 0.4) is 0 Å². The number of carbonyl (C=O) groups is 1. The molecule has 1 unspecified atom stereocenters. The Labute approximate surface area is 135 Å². The normalized spacial score (nSPS) is 13.8. The fourth-order valence-electron chi connectivity index (χ4n) is 2.19. The Morgan fingerprint density at radius 1 is 1.32 bits per heavy atom. The molecule has 5 heteroatoms. The Hall–Kier alpha value is -1.33. The third-order valence-electron chi connectivity index (χ3n) is 3.38. The number of rotatable bonds is 8. The van der Waals surface area contributed by atoms with Crippen molar-refractivity contribution < 1.29 is 19.1 Å². The van der Waals surface area contributed by atoms with Crippen molar-refractivity contribution in [3.63, 3.8) is 0 Å². The van der Waals surface area contributed by atoms with Crippen molar-refractivity contribution >= 4 is 15.0 Å². The summed E-state index contributed by atoms with van der Waals surface area (Å²) in [6.07, 6.45) is 3.18. The van der Waals surface area contributed by atoms with Crippen molar-refractivity contribution in [2.75, 3.05) is 6.61 Å². The van der Waals surface area contributed by atoms with Gasteiger partial charge in [0.25, 0.3) is 9.04 Å². The number of esters is 1. The largest absolute Gasteiger partial charge is 0.542 e. The van der Waals surface area contributed by atoms with Crippen LogP contribution in [0.4, 0.5) is 0 Å². The average molecular weight is 323 g/mol. The van der Waals surface area contributed by atoms with Gasteiger partial charge >= 0.3 is 5.97 Å². The highest BCUT2D eigenvalue weighted by Crippen LogP contribution is 2.33.